The first kappa shape index (κ1) is 21.6. The Balaban J connectivity index is 2.11. The van der Waals surface area contributed by atoms with Crippen molar-refractivity contribution in [1.82, 2.24) is 5.32 Å². The molecule has 1 heterocycles. The smallest absolute Gasteiger partial charge is 0.340 e. The molecule has 0 spiro atoms. The average molecular weight is 412 g/mol. The molecule has 1 aliphatic heterocycles. The number of fused-ring (bicyclic) bond motifs is 1. The van der Waals surface area contributed by atoms with E-state index in [1.165, 1.54) is 12.2 Å². The molecule has 0 saturated heterocycles. The molecule has 1 aromatic rings. The second-order valence-corrected chi connectivity index (χ2v) is 6.07. The van der Waals surface area contributed by atoms with E-state index in [0.717, 1.165) is 6.42 Å². The van der Waals surface area contributed by atoms with E-state index in [-0.39, 0.29) is 13.2 Å². The van der Waals surface area contributed by atoms with Crippen LogP contribution in [0.25, 0.3) is 6.08 Å². The van der Waals surface area contributed by atoms with Crippen molar-refractivity contribution in [1.29, 1.82) is 0 Å². The minimum absolute atomic E-state index is 0.0656. The lowest BCUT2D eigenvalue weighted by atomic mass is 10.2. The second kappa shape index (κ2) is 10.6. The molecular weight excluding hydrogens is 390 g/mol. The quantitative estimate of drug-likeness (QED) is 0.416. The van der Waals surface area contributed by atoms with Crippen LogP contribution in [0.1, 0.15) is 25.8 Å². The van der Waals surface area contributed by atoms with Gasteiger partial charge in [0.25, 0.3) is 0 Å². The molecule has 2 rings (SSSR count). The Morgan fingerprint density at radius 1 is 1.14 bits per heavy atom. The van der Waals surface area contributed by atoms with E-state index in [2.05, 4.69) is 5.32 Å². The van der Waals surface area contributed by atoms with E-state index in [1.807, 2.05) is 0 Å². The maximum atomic E-state index is 12.2. The average Bonchev–Trinajstić information content (AvgIpc) is 2.90. The number of amides is 1. The van der Waals surface area contributed by atoms with Crippen LogP contribution in [0.15, 0.2) is 18.2 Å². The third-order valence-corrected chi connectivity index (χ3v) is 3.86. The van der Waals surface area contributed by atoms with Gasteiger partial charge in [0.2, 0.25) is 11.9 Å². The lowest BCUT2D eigenvalue weighted by molar-refractivity contribution is -0.159. The molecule has 0 fully saturated rings. The standard InChI is InChI=1S/C19H22ClNO7/c1-3-25-18(23)16(19(24)26-4-2)21-15(22)7-6-12-10-13(20)17-14(11-12)27-8-5-9-28-17/h6-7,10-11,16H,3-5,8-9H2,1-2H3,(H,21,22). The molecule has 0 aliphatic carbocycles. The fraction of sp³-hybridized carbons (Fsp3) is 0.421. The van der Waals surface area contributed by atoms with Gasteiger partial charge in [0.1, 0.15) is 0 Å². The molecular formula is C19H22ClNO7. The van der Waals surface area contributed by atoms with Gasteiger partial charge in [-0.3, -0.25) is 4.79 Å². The summed E-state index contributed by atoms with van der Waals surface area (Å²) in [4.78, 5) is 36.0. The number of rotatable bonds is 7. The predicted molar refractivity (Wildman–Crippen MR) is 101 cm³/mol. The fourth-order valence-electron chi connectivity index (χ4n) is 2.37. The Morgan fingerprint density at radius 3 is 2.43 bits per heavy atom. The highest BCUT2D eigenvalue weighted by atomic mass is 35.5. The zero-order valence-electron chi connectivity index (χ0n) is 15.7. The number of carbonyl (C=O) groups is 3. The number of hydrogen-bond acceptors (Lipinski definition) is 7. The Labute approximate surface area is 167 Å². The molecule has 0 unspecified atom stereocenters. The molecule has 1 N–H and O–H groups in total. The minimum atomic E-state index is -1.54. The Bertz CT molecular complexity index is 745. The maximum Gasteiger partial charge on any atom is 0.340 e. The van der Waals surface area contributed by atoms with E-state index in [1.54, 1.807) is 26.0 Å². The van der Waals surface area contributed by atoms with Crippen LogP contribution in [0.4, 0.5) is 0 Å². The zero-order chi connectivity index (χ0) is 20.5. The fourth-order valence-corrected chi connectivity index (χ4v) is 2.65. The molecule has 0 atom stereocenters. The van der Waals surface area contributed by atoms with Crippen molar-refractivity contribution in [2.24, 2.45) is 0 Å². The molecule has 9 heteroatoms. The van der Waals surface area contributed by atoms with Gasteiger partial charge in [-0.15, -0.1) is 0 Å². The van der Waals surface area contributed by atoms with E-state index in [0.29, 0.717) is 35.3 Å². The molecule has 1 aromatic carbocycles. The summed E-state index contributed by atoms with van der Waals surface area (Å²) in [6.45, 7) is 4.32. The molecule has 1 aliphatic rings. The summed E-state index contributed by atoms with van der Waals surface area (Å²) in [7, 11) is 0. The molecule has 0 radical (unpaired) electrons. The van der Waals surface area contributed by atoms with Gasteiger partial charge in [-0.05, 0) is 37.6 Å². The van der Waals surface area contributed by atoms with E-state index in [9.17, 15) is 14.4 Å². The van der Waals surface area contributed by atoms with Gasteiger partial charge in [-0.1, -0.05) is 11.6 Å². The largest absolute Gasteiger partial charge is 0.489 e. The first-order valence-corrected chi connectivity index (χ1v) is 9.25. The van der Waals surface area contributed by atoms with Crippen LogP contribution >= 0.6 is 11.6 Å². The van der Waals surface area contributed by atoms with Crippen molar-refractivity contribution in [2.75, 3.05) is 26.4 Å². The number of ether oxygens (including phenoxy) is 4. The highest BCUT2D eigenvalue weighted by Gasteiger charge is 2.30. The molecule has 0 bridgehead atoms. The number of benzene rings is 1. The van der Waals surface area contributed by atoms with E-state index >= 15 is 0 Å². The molecule has 8 nitrogen and oxygen atoms in total. The SMILES string of the molecule is CCOC(=O)C(NC(=O)C=Cc1cc(Cl)c2c(c1)OCCCO2)C(=O)OCC. The Hall–Kier alpha value is -2.74. The van der Waals surface area contributed by atoms with Crippen LogP contribution in [0.2, 0.25) is 5.02 Å². The van der Waals surface area contributed by atoms with Crippen molar-refractivity contribution in [2.45, 2.75) is 26.3 Å². The second-order valence-electron chi connectivity index (χ2n) is 5.66. The topological polar surface area (TPSA) is 100 Å². The van der Waals surface area contributed by atoms with Gasteiger partial charge in [0, 0.05) is 12.5 Å². The van der Waals surface area contributed by atoms with E-state index in [4.69, 9.17) is 30.5 Å². The maximum absolute atomic E-state index is 12.2. The van der Waals surface area contributed by atoms with Gasteiger partial charge in [0.05, 0.1) is 31.5 Å². The van der Waals surface area contributed by atoms with Crippen LogP contribution in [0.3, 0.4) is 0 Å². The summed E-state index contributed by atoms with van der Waals surface area (Å²) in [5.41, 5.74) is 0.591. The van der Waals surface area contributed by atoms with Crippen molar-refractivity contribution in [3.05, 3.63) is 28.8 Å². The molecule has 152 valence electrons. The lowest BCUT2D eigenvalue weighted by Gasteiger charge is -2.14. The third kappa shape index (κ3) is 5.88. The Morgan fingerprint density at radius 2 is 1.79 bits per heavy atom. The van der Waals surface area contributed by atoms with Crippen LogP contribution in [-0.2, 0) is 23.9 Å². The van der Waals surface area contributed by atoms with Crippen molar-refractivity contribution in [3.8, 4) is 11.5 Å². The summed E-state index contributed by atoms with van der Waals surface area (Å²) >= 11 is 6.21. The first-order chi connectivity index (χ1) is 13.5. The highest BCUT2D eigenvalue weighted by molar-refractivity contribution is 6.32. The summed E-state index contributed by atoms with van der Waals surface area (Å²) in [5.74, 6) is -1.50. The van der Waals surface area contributed by atoms with E-state index < -0.39 is 23.9 Å². The summed E-state index contributed by atoms with van der Waals surface area (Å²) < 4.78 is 20.7. The molecule has 0 saturated carbocycles. The summed E-state index contributed by atoms with van der Waals surface area (Å²) in [5, 5.41) is 2.64. The van der Waals surface area contributed by atoms with Crippen molar-refractivity contribution < 1.29 is 33.3 Å². The van der Waals surface area contributed by atoms with Crippen LogP contribution in [0.5, 0.6) is 11.5 Å². The molecule has 0 aromatic heterocycles. The van der Waals surface area contributed by atoms with Crippen LogP contribution in [-0.4, -0.2) is 50.3 Å². The number of halogens is 1. The summed E-state index contributed by atoms with van der Waals surface area (Å²) in [6.07, 6.45) is 3.38. The van der Waals surface area contributed by atoms with Gasteiger partial charge in [-0.25, -0.2) is 9.59 Å². The van der Waals surface area contributed by atoms with Gasteiger partial charge in [0.15, 0.2) is 11.5 Å². The van der Waals surface area contributed by atoms with Crippen molar-refractivity contribution in [3.63, 3.8) is 0 Å². The number of carbonyl (C=O) groups excluding carboxylic acids is 3. The predicted octanol–water partition coefficient (Wildman–Crippen LogP) is 2.13. The van der Waals surface area contributed by atoms with Gasteiger partial charge >= 0.3 is 11.9 Å². The van der Waals surface area contributed by atoms with Gasteiger partial charge < -0.3 is 24.3 Å². The third-order valence-electron chi connectivity index (χ3n) is 3.58. The zero-order valence-corrected chi connectivity index (χ0v) is 16.4. The summed E-state index contributed by atoms with van der Waals surface area (Å²) in [6, 6.07) is 1.77. The normalized spacial score (nSPS) is 13.1. The molecule has 1 amide bonds. The lowest BCUT2D eigenvalue weighted by Crippen LogP contribution is -2.47. The van der Waals surface area contributed by atoms with Gasteiger partial charge in [-0.2, -0.15) is 0 Å². The van der Waals surface area contributed by atoms with Crippen LogP contribution < -0.4 is 14.8 Å². The van der Waals surface area contributed by atoms with Crippen LogP contribution in [0, 0.1) is 0 Å². The number of esters is 2. The monoisotopic (exact) mass is 411 g/mol. The molecule has 28 heavy (non-hydrogen) atoms. The van der Waals surface area contributed by atoms with Crippen molar-refractivity contribution >= 4 is 35.5 Å². The number of hydrogen-bond donors (Lipinski definition) is 1. The highest BCUT2D eigenvalue weighted by Crippen LogP contribution is 2.38. The minimum Gasteiger partial charge on any atom is -0.489 e. The first-order valence-electron chi connectivity index (χ1n) is 8.87. The Kier molecular flexibility index (Phi) is 8.13. The number of nitrogens with one attached hydrogen (secondary N) is 1.